The lowest BCUT2D eigenvalue weighted by Crippen LogP contribution is -2.29. The third kappa shape index (κ3) is 2.50. The lowest BCUT2D eigenvalue weighted by atomic mass is 10.1. The Labute approximate surface area is 113 Å². The average molecular weight is 255 g/mol. The molecular formula is C16H17NO2. The molecule has 0 N–H and O–H groups in total. The number of carbonyl (C=O) groups excluding carboxylic acids is 2. The quantitative estimate of drug-likeness (QED) is 0.612. The number of carbonyl (C=O) groups is 2. The molecule has 0 atom stereocenters. The van der Waals surface area contributed by atoms with Crippen LogP contribution in [0.15, 0.2) is 48.1 Å². The summed E-state index contributed by atoms with van der Waals surface area (Å²) in [5.74, 6) is -0.410. The van der Waals surface area contributed by atoms with E-state index in [1.54, 1.807) is 24.3 Å². The van der Waals surface area contributed by atoms with Crippen molar-refractivity contribution in [2.75, 3.05) is 6.54 Å². The first-order chi connectivity index (χ1) is 9.19. The highest BCUT2D eigenvalue weighted by atomic mass is 16.2. The standard InChI is InChI=1S/C16H17NO2/c1-3-12(4-2)8-7-11-17-15(18)13-9-5-6-10-14(13)16(17)19/h3,5-10H,4,11H2,1-2H3/b8-7+,12-3+. The van der Waals surface area contributed by atoms with Crippen molar-refractivity contribution >= 4 is 11.8 Å². The molecule has 0 radical (unpaired) electrons. The SMILES string of the molecule is C/C=C(/C=C/CN1C(=O)c2ccccc2C1=O)CC. The highest BCUT2D eigenvalue weighted by molar-refractivity contribution is 6.21. The number of benzene rings is 1. The Bertz CT molecular complexity index is 535. The zero-order valence-corrected chi connectivity index (χ0v) is 11.2. The topological polar surface area (TPSA) is 37.4 Å². The van der Waals surface area contributed by atoms with Crippen LogP contribution in [0.25, 0.3) is 0 Å². The Morgan fingerprint density at radius 2 is 1.74 bits per heavy atom. The van der Waals surface area contributed by atoms with Gasteiger partial charge in [-0.25, -0.2) is 0 Å². The van der Waals surface area contributed by atoms with Gasteiger partial charge in [0.15, 0.2) is 0 Å². The Kier molecular flexibility index (Phi) is 3.95. The normalized spacial score (nSPS) is 15.5. The van der Waals surface area contributed by atoms with Gasteiger partial charge in [0.2, 0.25) is 0 Å². The lowest BCUT2D eigenvalue weighted by Gasteiger charge is -2.10. The molecule has 0 saturated heterocycles. The number of allylic oxidation sites excluding steroid dienone is 3. The third-order valence-electron chi connectivity index (χ3n) is 3.28. The highest BCUT2D eigenvalue weighted by Crippen LogP contribution is 2.22. The van der Waals surface area contributed by atoms with E-state index in [-0.39, 0.29) is 11.8 Å². The van der Waals surface area contributed by atoms with Crippen molar-refractivity contribution in [3.05, 3.63) is 59.2 Å². The molecule has 0 aliphatic carbocycles. The van der Waals surface area contributed by atoms with Crippen molar-refractivity contribution < 1.29 is 9.59 Å². The molecule has 0 spiro atoms. The summed E-state index contributed by atoms with van der Waals surface area (Å²) in [6.45, 7) is 4.37. The van der Waals surface area contributed by atoms with Crippen molar-refractivity contribution in [1.82, 2.24) is 4.90 Å². The van der Waals surface area contributed by atoms with Gasteiger partial charge in [-0.1, -0.05) is 42.9 Å². The lowest BCUT2D eigenvalue weighted by molar-refractivity contribution is 0.0672. The predicted octanol–water partition coefficient (Wildman–Crippen LogP) is 3.20. The summed E-state index contributed by atoms with van der Waals surface area (Å²) in [6.07, 6.45) is 6.79. The number of hydrogen-bond acceptors (Lipinski definition) is 2. The molecule has 1 aliphatic heterocycles. The van der Waals surface area contributed by atoms with E-state index < -0.39 is 0 Å². The molecular weight excluding hydrogens is 238 g/mol. The molecule has 0 bridgehead atoms. The number of hydrogen-bond donors (Lipinski definition) is 0. The molecule has 0 saturated carbocycles. The summed E-state index contributed by atoms with van der Waals surface area (Å²) in [5.41, 5.74) is 2.20. The van der Waals surface area contributed by atoms with Crippen LogP contribution in [0.4, 0.5) is 0 Å². The number of fused-ring (bicyclic) bond motifs is 1. The first-order valence-corrected chi connectivity index (χ1v) is 6.46. The van der Waals surface area contributed by atoms with E-state index in [2.05, 4.69) is 6.92 Å². The monoisotopic (exact) mass is 255 g/mol. The molecule has 2 rings (SSSR count). The molecule has 1 heterocycles. The second-order valence-electron chi connectivity index (χ2n) is 4.39. The van der Waals surface area contributed by atoms with E-state index in [1.807, 2.05) is 25.2 Å². The molecule has 0 fully saturated rings. The van der Waals surface area contributed by atoms with Crippen LogP contribution in [-0.4, -0.2) is 23.3 Å². The van der Waals surface area contributed by atoms with E-state index in [4.69, 9.17) is 0 Å². The molecule has 19 heavy (non-hydrogen) atoms. The third-order valence-corrected chi connectivity index (χ3v) is 3.28. The summed E-state index contributed by atoms with van der Waals surface area (Å²) < 4.78 is 0. The fourth-order valence-corrected chi connectivity index (χ4v) is 2.13. The summed E-state index contributed by atoms with van der Waals surface area (Å²) in [7, 11) is 0. The molecule has 1 aliphatic rings. The van der Waals surface area contributed by atoms with Crippen LogP contribution < -0.4 is 0 Å². The Morgan fingerprint density at radius 1 is 1.16 bits per heavy atom. The smallest absolute Gasteiger partial charge is 0.261 e. The predicted molar refractivity (Wildman–Crippen MR) is 75.0 cm³/mol. The van der Waals surface area contributed by atoms with Crippen LogP contribution in [0.3, 0.4) is 0 Å². The van der Waals surface area contributed by atoms with Gasteiger partial charge in [-0.15, -0.1) is 0 Å². The van der Waals surface area contributed by atoms with Gasteiger partial charge in [-0.3, -0.25) is 14.5 Å². The van der Waals surface area contributed by atoms with Crippen molar-refractivity contribution in [3.63, 3.8) is 0 Å². The Hall–Kier alpha value is -2.16. The zero-order valence-electron chi connectivity index (χ0n) is 11.2. The number of amides is 2. The maximum Gasteiger partial charge on any atom is 0.261 e. The number of nitrogens with zero attached hydrogens (tertiary/aromatic N) is 1. The highest BCUT2D eigenvalue weighted by Gasteiger charge is 2.33. The van der Waals surface area contributed by atoms with Crippen LogP contribution in [0, 0.1) is 0 Å². The van der Waals surface area contributed by atoms with Gasteiger partial charge in [-0.05, 0) is 25.5 Å². The van der Waals surface area contributed by atoms with E-state index in [9.17, 15) is 9.59 Å². The molecule has 0 aromatic heterocycles. The minimum absolute atomic E-state index is 0.205. The fraction of sp³-hybridized carbons (Fsp3) is 0.250. The van der Waals surface area contributed by atoms with E-state index in [1.165, 1.54) is 10.5 Å². The van der Waals surface area contributed by atoms with E-state index >= 15 is 0 Å². The number of rotatable bonds is 4. The number of imide groups is 1. The van der Waals surface area contributed by atoms with Crippen LogP contribution in [0.1, 0.15) is 41.0 Å². The van der Waals surface area contributed by atoms with Gasteiger partial charge in [0.05, 0.1) is 11.1 Å². The Balaban J connectivity index is 2.13. The molecule has 3 heteroatoms. The Morgan fingerprint density at radius 3 is 2.21 bits per heavy atom. The first-order valence-electron chi connectivity index (χ1n) is 6.46. The van der Waals surface area contributed by atoms with Crippen LogP contribution in [0.5, 0.6) is 0 Å². The molecule has 98 valence electrons. The van der Waals surface area contributed by atoms with Crippen molar-refractivity contribution in [2.45, 2.75) is 20.3 Å². The van der Waals surface area contributed by atoms with E-state index in [0.717, 1.165) is 6.42 Å². The van der Waals surface area contributed by atoms with Gasteiger partial charge >= 0.3 is 0 Å². The fourth-order valence-electron chi connectivity index (χ4n) is 2.13. The summed E-state index contributed by atoms with van der Waals surface area (Å²) in [5, 5.41) is 0. The van der Waals surface area contributed by atoms with Crippen molar-refractivity contribution in [2.24, 2.45) is 0 Å². The molecule has 0 unspecified atom stereocenters. The first kappa shape index (κ1) is 13.3. The summed E-state index contributed by atoms with van der Waals surface area (Å²) in [6, 6.07) is 6.95. The van der Waals surface area contributed by atoms with Crippen molar-refractivity contribution in [3.8, 4) is 0 Å². The second-order valence-corrected chi connectivity index (χ2v) is 4.39. The molecule has 3 nitrogen and oxygen atoms in total. The summed E-state index contributed by atoms with van der Waals surface area (Å²) >= 11 is 0. The average Bonchev–Trinajstić information content (AvgIpc) is 2.69. The van der Waals surface area contributed by atoms with Crippen molar-refractivity contribution in [1.29, 1.82) is 0 Å². The maximum absolute atomic E-state index is 12.1. The van der Waals surface area contributed by atoms with Crippen LogP contribution in [0.2, 0.25) is 0 Å². The van der Waals surface area contributed by atoms with Gasteiger partial charge in [-0.2, -0.15) is 0 Å². The van der Waals surface area contributed by atoms with Gasteiger partial charge < -0.3 is 0 Å². The largest absolute Gasteiger partial charge is 0.270 e. The summed E-state index contributed by atoms with van der Waals surface area (Å²) in [4.78, 5) is 25.4. The van der Waals surface area contributed by atoms with Gasteiger partial charge in [0.1, 0.15) is 0 Å². The minimum Gasteiger partial charge on any atom is -0.270 e. The maximum atomic E-state index is 12.1. The van der Waals surface area contributed by atoms with Gasteiger partial charge in [0, 0.05) is 6.54 Å². The van der Waals surface area contributed by atoms with Gasteiger partial charge in [0.25, 0.3) is 11.8 Å². The van der Waals surface area contributed by atoms with Crippen LogP contribution >= 0.6 is 0 Å². The zero-order chi connectivity index (χ0) is 13.8. The second kappa shape index (κ2) is 5.65. The van der Waals surface area contributed by atoms with Crippen LogP contribution in [-0.2, 0) is 0 Å². The molecule has 1 aromatic carbocycles. The van der Waals surface area contributed by atoms with E-state index in [0.29, 0.717) is 17.7 Å². The molecule has 2 amide bonds. The minimum atomic E-state index is -0.205. The molecule has 1 aromatic rings.